The Bertz CT molecular complexity index is 393. The van der Waals surface area contributed by atoms with Crippen LogP contribution in [0.2, 0.25) is 0 Å². The first-order valence-electron chi connectivity index (χ1n) is 5.74. The maximum atomic E-state index is 9.15. The summed E-state index contributed by atoms with van der Waals surface area (Å²) in [4.78, 5) is 1.18. The Morgan fingerprint density at radius 2 is 2.38 bits per heavy atom. The van der Waals surface area contributed by atoms with Gasteiger partial charge >= 0.3 is 0 Å². The lowest BCUT2D eigenvalue weighted by Crippen LogP contribution is -2.24. The van der Waals surface area contributed by atoms with Crippen LogP contribution in [0.1, 0.15) is 26.2 Å². The highest BCUT2D eigenvalue weighted by Gasteiger charge is 2.29. The van der Waals surface area contributed by atoms with Gasteiger partial charge in [-0.15, -0.1) is 11.8 Å². The molecule has 86 valence electrons. The minimum Gasteiger partial charge on any atom is -0.275 e. The van der Waals surface area contributed by atoms with Gasteiger partial charge in [-0.25, -0.2) is 0 Å². The standard InChI is InChI=1S/C12H17N3S/c1-9-3-4-10(6-13)12(5-9)16-11-7-14-15(2)8-11/h7-10,12H,3-5H2,1-2H3. The molecule has 2 rings (SSSR count). The predicted molar refractivity (Wildman–Crippen MR) is 65.0 cm³/mol. The molecule has 0 bridgehead atoms. The number of hydrogen-bond acceptors (Lipinski definition) is 3. The van der Waals surface area contributed by atoms with E-state index in [1.165, 1.54) is 11.3 Å². The van der Waals surface area contributed by atoms with Crippen molar-refractivity contribution in [3.63, 3.8) is 0 Å². The zero-order chi connectivity index (χ0) is 11.5. The van der Waals surface area contributed by atoms with E-state index in [-0.39, 0.29) is 5.92 Å². The molecule has 3 atom stereocenters. The van der Waals surface area contributed by atoms with E-state index < -0.39 is 0 Å². The van der Waals surface area contributed by atoms with E-state index in [4.69, 9.17) is 5.26 Å². The van der Waals surface area contributed by atoms with Gasteiger partial charge in [0.2, 0.25) is 0 Å². The quantitative estimate of drug-likeness (QED) is 0.791. The molecule has 16 heavy (non-hydrogen) atoms. The topological polar surface area (TPSA) is 41.6 Å². The summed E-state index contributed by atoms with van der Waals surface area (Å²) in [6.45, 7) is 2.28. The molecule has 0 aromatic carbocycles. The number of nitriles is 1. The third-order valence-corrected chi connectivity index (χ3v) is 4.50. The van der Waals surface area contributed by atoms with Crippen LogP contribution in [0.25, 0.3) is 0 Å². The Morgan fingerprint density at radius 3 is 3.00 bits per heavy atom. The molecule has 3 unspecified atom stereocenters. The number of rotatable bonds is 2. The second-order valence-corrected chi connectivity index (χ2v) is 5.97. The van der Waals surface area contributed by atoms with Crippen molar-refractivity contribution in [3.05, 3.63) is 12.4 Å². The first-order chi connectivity index (χ1) is 7.69. The first kappa shape index (κ1) is 11.5. The van der Waals surface area contributed by atoms with Crippen LogP contribution >= 0.6 is 11.8 Å². The molecule has 1 saturated carbocycles. The largest absolute Gasteiger partial charge is 0.275 e. The van der Waals surface area contributed by atoms with Crippen LogP contribution in [-0.4, -0.2) is 15.0 Å². The Labute approximate surface area is 101 Å². The second-order valence-electron chi connectivity index (χ2n) is 4.66. The average Bonchev–Trinajstić information content (AvgIpc) is 2.64. The molecule has 4 heteroatoms. The summed E-state index contributed by atoms with van der Waals surface area (Å²) in [7, 11) is 1.93. The van der Waals surface area contributed by atoms with Gasteiger partial charge < -0.3 is 0 Å². The Morgan fingerprint density at radius 1 is 1.56 bits per heavy atom. The molecule has 0 aliphatic heterocycles. The summed E-state index contributed by atoms with van der Waals surface area (Å²) in [5.41, 5.74) is 0. The van der Waals surface area contributed by atoms with Crippen molar-refractivity contribution in [3.8, 4) is 6.07 Å². The predicted octanol–water partition coefficient (Wildman–Crippen LogP) is 2.84. The molecule has 0 spiro atoms. The van der Waals surface area contributed by atoms with Crippen molar-refractivity contribution in [1.82, 2.24) is 9.78 Å². The number of aromatic nitrogens is 2. The highest BCUT2D eigenvalue weighted by atomic mass is 32.2. The molecular weight excluding hydrogens is 218 g/mol. The molecule has 1 aromatic heterocycles. The minimum atomic E-state index is 0.210. The Kier molecular flexibility index (Phi) is 3.55. The van der Waals surface area contributed by atoms with Crippen molar-refractivity contribution in [1.29, 1.82) is 5.26 Å². The van der Waals surface area contributed by atoms with Gasteiger partial charge in [-0.05, 0) is 25.2 Å². The lowest BCUT2D eigenvalue weighted by molar-refractivity contribution is 0.346. The van der Waals surface area contributed by atoms with Gasteiger partial charge in [-0.2, -0.15) is 10.4 Å². The van der Waals surface area contributed by atoms with Gasteiger partial charge in [-0.3, -0.25) is 4.68 Å². The molecule has 1 heterocycles. The van der Waals surface area contributed by atoms with E-state index in [9.17, 15) is 0 Å². The summed E-state index contributed by atoms with van der Waals surface area (Å²) in [5, 5.41) is 13.8. The lowest BCUT2D eigenvalue weighted by Gasteiger charge is -2.29. The number of thioether (sulfide) groups is 1. The number of hydrogen-bond donors (Lipinski definition) is 0. The van der Waals surface area contributed by atoms with Crippen LogP contribution in [0.3, 0.4) is 0 Å². The van der Waals surface area contributed by atoms with Gasteiger partial charge in [-0.1, -0.05) is 6.92 Å². The number of nitrogens with zero attached hydrogens (tertiary/aromatic N) is 3. The maximum absolute atomic E-state index is 9.15. The van der Waals surface area contributed by atoms with Gasteiger partial charge in [0.25, 0.3) is 0 Å². The lowest BCUT2D eigenvalue weighted by atomic mass is 9.83. The Balaban J connectivity index is 2.04. The average molecular weight is 235 g/mol. The summed E-state index contributed by atoms with van der Waals surface area (Å²) >= 11 is 1.82. The van der Waals surface area contributed by atoms with E-state index in [0.717, 1.165) is 18.8 Å². The summed E-state index contributed by atoms with van der Waals surface area (Å²) in [6.07, 6.45) is 7.31. The summed E-state index contributed by atoms with van der Waals surface area (Å²) in [6, 6.07) is 2.45. The van der Waals surface area contributed by atoms with Crippen molar-refractivity contribution in [2.75, 3.05) is 0 Å². The smallest absolute Gasteiger partial charge is 0.0667 e. The molecule has 0 radical (unpaired) electrons. The fourth-order valence-corrected chi connectivity index (χ4v) is 3.70. The van der Waals surface area contributed by atoms with E-state index in [0.29, 0.717) is 5.25 Å². The van der Waals surface area contributed by atoms with Crippen LogP contribution in [0, 0.1) is 23.2 Å². The second kappa shape index (κ2) is 4.92. The zero-order valence-electron chi connectivity index (χ0n) is 9.76. The molecule has 0 amide bonds. The van der Waals surface area contributed by atoms with E-state index in [1.54, 1.807) is 0 Å². The number of aryl methyl sites for hydroxylation is 1. The molecule has 1 fully saturated rings. The fourth-order valence-electron chi connectivity index (χ4n) is 2.24. The summed E-state index contributed by atoms with van der Waals surface area (Å²) in [5.74, 6) is 0.958. The van der Waals surface area contributed by atoms with E-state index in [1.807, 2.05) is 35.9 Å². The maximum Gasteiger partial charge on any atom is 0.0667 e. The van der Waals surface area contributed by atoms with Crippen LogP contribution in [0.15, 0.2) is 17.3 Å². The molecule has 0 saturated heterocycles. The van der Waals surface area contributed by atoms with Crippen LogP contribution in [0.5, 0.6) is 0 Å². The van der Waals surface area contributed by atoms with Crippen LogP contribution in [-0.2, 0) is 7.05 Å². The van der Waals surface area contributed by atoms with Crippen molar-refractivity contribution in [2.45, 2.75) is 36.3 Å². The van der Waals surface area contributed by atoms with Crippen molar-refractivity contribution in [2.24, 2.45) is 18.9 Å². The monoisotopic (exact) mass is 235 g/mol. The summed E-state index contributed by atoms with van der Waals surface area (Å²) < 4.78 is 1.82. The van der Waals surface area contributed by atoms with Crippen molar-refractivity contribution >= 4 is 11.8 Å². The van der Waals surface area contributed by atoms with Crippen molar-refractivity contribution < 1.29 is 0 Å². The van der Waals surface area contributed by atoms with Crippen LogP contribution < -0.4 is 0 Å². The SMILES string of the molecule is CC1CCC(C#N)C(Sc2cnn(C)c2)C1. The first-order valence-corrected chi connectivity index (χ1v) is 6.62. The highest BCUT2D eigenvalue weighted by molar-refractivity contribution is 8.00. The van der Waals surface area contributed by atoms with E-state index in [2.05, 4.69) is 18.1 Å². The molecule has 1 aliphatic carbocycles. The van der Waals surface area contributed by atoms with Gasteiger partial charge in [0, 0.05) is 23.4 Å². The van der Waals surface area contributed by atoms with Gasteiger partial charge in [0.1, 0.15) is 0 Å². The zero-order valence-corrected chi connectivity index (χ0v) is 10.6. The Hall–Kier alpha value is -0.950. The molecular formula is C12H17N3S. The van der Waals surface area contributed by atoms with Gasteiger partial charge in [0.15, 0.2) is 0 Å². The molecule has 0 N–H and O–H groups in total. The fraction of sp³-hybridized carbons (Fsp3) is 0.667. The van der Waals surface area contributed by atoms with Gasteiger partial charge in [0.05, 0.1) is 18.2 Å². The molecule has 1 aromatic rings. The third-order valence-electron chi connectivity index (χ3n) is 3.19. The third kappa shape index (κ3) is 2.59. The highest BCUT2D eigenvalue weighted by Crippen LogP contribution is 2.39. The van der Waals surface area contributed by atoms with Crippen LogP contribution in [0.4, 0.5) is 0 Å². The normalized spacial score (nSPS) is 29.9. The molecule has 1 aliphatic rings. The molecule has 3 nitrogen and oxygen atoms in total. The minimum absolute atomic E-state index is 0.210. The van der Waals surface area contributed by atoms with E-state index >= 15 is 0 Å².